The van der Waals surface area contributed by atoms with Gasteiger partial charge in [-0.1, -0.05) is 6.07 Å². The number of carbonyl (C=O) groups excluding carboxylic acids is 1. The molecule has 17 heavy (non-hydrogen) atoms. The van der Waals surface area contributed by atoms with Crippen LogP contribution in [0.5, 0.6) is 0 Å². The molecule has 2 heterocycles. The van der Waals surface area contributed by atoms with Gasteiger partial charge in [0.05, 0.1) is 6.04 Å². The number of hydrogen-bond donors (Lipinski definition) is 1. The fourth-order valence-corrected chi connectivity index (χ4v) is 2.20. The topological polar surface area (TPSA) is 58.4 Å². The number of fused-ring (bicyclic) bond motifs is 1. The minimum atomic E-state index is -0.0357. The zero-order chi connectivity index (χ0) is 12.0. The molecule has 1 unspecified atom stereocenters. The molecule has 0 aliphatic carbocycles. The van der Waals surface area contributed by atoms with Crippen LogP contribution in [0.25, 0.3) is 11.1 Å². The molecule has 2 amide bonds. The maximum atomic E-state index is 11.4. The number of rotatable bonds is 1. The fraction of sp³-hybridized carbons (Fsp3) is 0.333. The van der Waals surface area contributed by atoms with Gasteiger partial charge in [0, 0.05) is 20.5 Å². The third-order valence-corrected chi connectivity index (χ3v) is 3.14. The van der Waals surface area contributed by atoms with E-state index in [-0.39, 0.29) is 12.1 Å². The SMILES string of the molecule is Cc1nc2cc(C3CNC(=O)N3C)ccc2o1. The van der Waals surface area contributed by atoms with Gasteiger partial charge in [0.25, 0.3) is 0 Å². The summed E-state index contributed by atoms with van der Waals surface area (Å²) < 4.78 is 5.43. The summed E-state index contributed by atoms with van der Waals surface area (Å²) in [6.45, 7) is 2.46. The standard InChI is InChI=1S/C12H13N3O2/c1-7-14-9-5-8(3-4-11(9)17-7)10-6-13-12(16)15(10)2/h3-5,10H,6H2,1-2H3,(H,13,16). The van der Waals surface area contributed by atoms with Gasteiger partial charge < -0.3 is 14.6 Å². The summed E-state index contributed by atoms with van der Waals surface area (Å²) in [5, 5.41) is 2.81. The Labute approximate surface area is 98.4 Å². The highest BCUT2D eigenvalue weighted by Crippen LogP contribution is 2.26. The monoisotopic (exact) mass is 231 g/mol. The van der Waals surface area contributed by atoms with Crippen molar-refractivity contribution in [1.29, 1.82) is 0 Å². The van der Waals surface area contributed by atoms with Crippen LogP contribution in [0, 0.1) is 6.92 Å². The van der Waals surface area contributed by atoms with Crippen LogP contribution in [0.4, 0.5) is 4.79 Å². The van der Waals surface area contributed by atoms with E-state index in [1.54, 1.807) is 11.9 Å². The molecule has 0 spiro atoms. The number of amides is 2. The molecule has 1 aliphatic heterocycles. The molecule has 0 bridgehead atoms. The number of nitrogens with one attached hydrogen (secondary N) is 1. The number of benzene rings is 1. The van der Waals surface area contributed by atoms with Crippen LogP contribution < -0.4 is 5.32 Å². The lowest BCUT2D eigenvalue weighted by Crippen LogP contribution is -2.25. The highest BCUT2D eigenvalue weighted by molar-refractivity contribution is 5.78. The van der Waals surface area contributed by atoms with E-state index in [1.807, 2.05) is 25.1 Å². The third kappa shape index (κ3) is 1.54. The van der Waals surface area contributed by atoms with Crippen LogP contribution in [0.2, 0.25) is 0 Å². The zero-order valence-corrected chi connectivity index (χ0v) is 9.73. The summed E-state index contributed by atoms with van der Waals surface area (Å²) in [6.07, 6.45) is 0. The molecular formula is C12H13N3O2. The van der Waals surface area contributed by atoms with E-state index in [4.69, 9.17) is 4.42 Å². The predicted octanol–water partition coefficient (Wildman–Crippen LogP) is 1.83. The van der Waals surface area contributed by atoms with E-state index in [9.17, 15) is 4.79 Å². The lowest BCUT2D eigenvalue weighted by Gasteiger charge is -2.17. The lowest BCUT2D eigenvalue weighted by molar-refractivity contribution is 0.217. The zero-order valence-electron chi connectivity index (χ0n) is 9.73. The first-order valence-corrected chi connectivity index (χ1v) is 5.53. The van der Waals surface area contributed by atoms with Gasteiger partial charge in [-0.15, -0.1) is 0 Å². The van der Waals surface area contributed by atoms with Crippen LogP contribution in [0.1, 0.15) is 17.5 Å². The second-order valence-corrected chi connectivity index (χ2v) is 4.27. The van der Waals surface area contributed by atoms with E-state index in [1.165, 1.54) is 0 Å². The molecule has 3 rings (SSSR count). The van der Waals surface area contributed by atoms with Gasteiger partial charge in [-0.25, -0.2) is 9.78 Å². The van der Waals surface area contributed by atoms with E-state index in [2.05, 4.69) is 10.3 Å². The second-order valence-electron chi connectivity index (χ2n) is 4.27. The Morgan fingerprint density at radius 1 is 1.53 bits per heavy atom. The molecule has 88 valence electrons. The van der Waals surface area contributed by atoms with E-state index in [0.29, 0.717) is 12.4 Å². The molecule has 5 heteroatoms. The Bertz CT molecular complexity index is 590. The normalized spacial score (nSPS) is 20.0. The molecular weight excluding hydrogens is 218 g/mol. The fourth-order valence-electron chi connectivity index (χ4n) is 2.20. The predicted molar refractivity (Wildman–Crippen MR) is 62.6 cm³/mol. The Balaban J connectivity index is 2.03. The van der Waals surface area contributed by atoms with Crippen molar-refractivity contribution in [2.24, 2.45) is 0 Å². The smallest absolute Gasteiger partial charge is 0.317 e. The van der Waals surface area contributed by atoms with Crippen molar-refractivity contribution in [3.8, 4) is 0 Å². The summed E-state index contributed by atoms with van der Waals surface area (Å²) >= 11 is 0. The molecule has 1 aromatic carbocycles. The Morgan fingerprint density at radius 2 is 2.35 bits per heavy atom. The second kappa shape index (κ2) is 3.48. The average Bonchev–Trinajstić information content (AvgIpc) is 2.81. The van der Waals surface area contributed by atoms with Gasteiger partial charge in [0.2, 0.25) is 0 Å². The van der Waals surface area contributed by atoms with Crippen LogP contribution >= 0.6 is 0 Å². The van der Waals surface area contributed by atoms with E-state index in [0.717, 1.165) is 16.7 Å². The summed E-state index contributed by atoms with van der Waals surface area (Å²) in [7, 11) is 1.80. The average molecular weight is 231 g/mol. The minimum Gasteiger partial charge on any atom is -0.441 e. The highest BCUT2D eigenvalue weighted by atomic mass is 16.3. The van der Waals surface area contributed by atoms with Crippen molar-refractivity contribution in [2.75, 3.05) is 13.6 Å². The van der Waals surface area contributed by atoms with E-state index < -0.39 is 0 Å². The number of aryl methyl sites for hydroxylation is 1. The molecule has 1 fully saturated rings. The molecule has 1 N–H and O–H groups in total. The molecule has 2 aromatic rings. The van der Waals surface area contributed by atoms with Gasteiger partial charge in [-0.2, -0.15) is 0 Å². The van der Waals surface area contributed by atoms with Gasteiger partial charge in [0.15, 0.2) is 11.5 Å². The van der Waals surface area contributed by atoms with Crippen molar-refractivity contribution in [3.05, 3.63) is 29.7 Å². The molecule has 1 saturated heterocycles. The first-order chi connectivity index (χ1) is 8.15. The number of aromatic nitrogens is 1. The molecule has 0 radical (unpaired) electrons. The largest absolute Gasteiger partial charge is 0.441 e. The van der Waals surface area contributed by atoms with Crippen LogP contribution in [-0.2, 0) is 0 Å². The highest BCUT2D eigenvalue weighted by Gasteiger charge is 2.28. The number of nitrogens with zero attached hydrogens (tertiary/aromatic N) is 2. The van der Waals surface area contributed by atoms with Crippen LogP contribution in [-0.4, -0.2) is 29.5 Å². The van der Waals surface area contributed by atoms with Crippen LogP contribution in [0.15, 0.2) is 22.6 Å². The Morgan fingerprint density at radius 3 is 3.06 bits per heavy atom. The summed E-state index contributed by atoms with van der Waals surface area (Å²) in [5.74, 6) is 0.658. The van der Waals surface area contributed by atoms with Crippen molar-refractivity contribution < 1.29 is 9.21 Å². The maximum absolute atomic E-state index is 11.4. The van der Waals surface area contributed by atoms with E-state index >= 15 is 0 Å². The first-order valence-electron chi connectivity index (χ1n) is 5.53. The van der Waals surface area contributed by atoms with Gasteiger partial charge in [0.1, 0.15) is 5.52 Å². The van der Waals surface area contributed by atoms with Gasteiger partial charge in [-0.05, 0) is 17.7 Å². The molecule has 5 nitrogen and oxygen atoms in total. The molecule has 0 saturated carbocycles. The summed E-state index contributed by atoms with van der Waals surface area (Å²) in [4.78, 5) is 17.4. The number of carbonyl (C=O) groups is 1. The number of urea groups is 1. The number of likely N-dealkylation sites (N-methyl/N-ethyl adjacent to an activating group) is 1. The third-order valence-electron chi connectivity index (χ3n) is 3.14. The van der Waals surface area contributed by atoms with Gasteiger partial charge in [-0.3, -0.25) is 0 Å². The first kappa shape index (κ1) is 10.1. The number of hydrogen-bond acceptors (Lipinski definition) is 3. The molecule has 1 atom stereocenters. The van der Waals surface area contributed by atoms with Crippen molar-refractivity contribution >= 4 is 17.1 Å². The molecule has 1 aromatic heterocycles. The minimum absolute atomic E-state index is 0.0357. The summed E-state index contributed by atoms with van der Waals surface area (Å²) in [5.41, 5.74) is 2.70. The van der Waals surface area contributed by atoms with Gasteiger partial charge >= 0.3 is 6.03 Å². The molecule has 1 aliphatic rings. The number of oxazole rings is 1. The quantitative estimate of drug-likeness (QED) is 0.814. The van der Waals surface area contributed by atoms with Crippen LogP contribution in [0.3, 0.4) is 0 Å². The Hall–Kier alpha value is -2.04. The van der Waals surface area contributed by atoms with Crippen molar-refractivity contribution in [2.45, 2.75) is 13.0 Å². The lowest BCUT2D eigenvalue weighted by atomic mass is 10.1. The Kier molecular flexibility index (Phi) is 2.07. The van der Waals surface area contributed by atoms with Crippen molar-refractivity contribution in [1.82, 2.24) is 15.2 Å². The summed E-state index contributed by atoms with van der Waals surface area (Å²) in [6, 6.07) is 5.90. The van der Waals surface area contributed by atoms with Crippen molar-refractivity contribution in [3.63, 3.8) is 0 Å². The maximum Gasteiger partial charge on any atom is 0.317 e.